The van der Waals surface area contributed by atoms with Crippen molar-refractivity contribution in [2.75, 3.05) is 13.1 Å². The molecule has 8 nitrogen and oxygen atoms in total. The van der Waals surface area contributed by atoms with Crippen LogP contribution in [0, 0.1) is 0 Å². The summed E-state index contributed by atoms with van der Waals surface area (Å²) in [6, 6.07) is 10.9. The van der Waals surface area contributed by atoms with Crippen molar-refractivity contribution in [1.82, 2.24) is 30.1 Å². The molecule has 4 rings (SSSR count). The molecule has 126 valence electrons. The van der Waals surface area contributed by atoms with Gasteiger partial charge >= 0.3 is 0 Å². The van der Waals surface area contributed by atoms with E-state index in [1.165, 1.54) is 11.0 Å². The summed E-state index contributed by atoms with van der Waals surface area (Å²) < 4.78 is 7.43. The van der Waals surface area contributed by atoms with Gasteiger partial charge in [-0.2, -0.15) is 0 Å². The number of nitrogens with zero attached hydrogens (tertiary/aromatic N) is 6. The molecule has 1 amide bonds. The number of rotatable bonds is 4. The quantitative estimate of drug-likeness (QED) is 0.715. The van der Waals surface area contributed by atoms with Gasteiger partial charge in [-0.15, -0.1) is 5.10 Å². The van der Waals surface area contributed by atoms with Crippen LogP contribution in [0.1, 0.15) is 16.8 Å². The van der Waals surface area contributed by atoms with Crippen molar-refractivity contribution in [3.63, 3.8) is 0 Å². The molecule has 1 fully saturated rings. The molecule has 1 atom stereocenters. The summed E-state index contributed by atoms with van der Waals surface area (Å²) in [4.78, 5) is 18.5. The number of pyridine rings is 1. The molecule has 0 N–H and O–H groups in total. The predicted molar refractivity (Wildman–Crippen MR) is 88.3 cm³/mol. The monoisotopic (exact) mass is 336 g/mol. The lowest BCUT2D eigenvalue weighted by Gasteiger charge is -2.17. The molecular weight excluding hydrogens is 320 g/mol. The van der Waals surface area contributed by atoms with Gasteiger partial charge in [0.25, 0.3) is 5.91 Å². The second-order valence-electron chi connectivity index (χ2n) is 5.77. The summed E-state index contributed by atoms with van der Waals surface area (Å²) in [5.41, 5.74) is 1.36. The number of amides is 1. The molecule has 2 aromatic heterocycles. The molecule has 25 heavy (non-hydrogen) atoms. The zero-order chi connectivity index (χ0) is 17.1. The van der Waals surface area contributed by atoms with E-state index in [0.717, 1.165) is 17.9 Å². The number of ether oxygens (including phenoxy) is 1. The van der Waals surface area contributed by atoms with Crippen LogP contribution in [0.4, 0.5) is 0 Å². The fourth-order valence-electron chi connectivity index (χ4n) is 2.86. The third-order valence-electron chi connectivity index (χ3n) is 4.09. The van der Waals surface area contributed by atoms with Gasteiger partial charge in [0, 0.05) is 30.9 Å². The SMILES string of the molecule is O=C(c1cccc(-n2cnnn2)c1)N1CCC(Oc2ccncc2)C1. The first kappa shape index (κ1) is 15.3. The van der Waals surface area contributed by atoms with E-state index >= 15 is 0 Å². The van der Waals surface area contributed by atoms with E-state index in [9.17, 15) is 4.79 Å². The smallest absolute Gasteiger partial charge is 0.254 e. The second-order valence-corrected chi connectivity index (χ2v) is 5.77. The highest BCUT2D eigenvalue weighted by molar-refractivity contribution is 5.95. The van der Waals surface area contributed by atoms with Gasteiger partial charge in [-0.05, 0) is 40.8 Å². The van der Waals surface area contributed by atoms with E-state index in [0.29, 0.717) is 18.7 Å². The fraction of sp³-hybridized carbons (Fsp3) is 0.235. The maximum atomic E-state index is 12.8. The van der Waals surface area contributed by atoms with Crippen molar-refractivity contribution in [2.45, 2.75) is 12.5 Å². The first-order chi connectivity index (χ1) is 12.3. The summed E-state index contributed by atoms with van der Waals surface area (Å²) in [5.74, 6) is 0.755. The van der Waals surface area contributed by atoms with Gasteiger partial charge in [0.15, 0.2) is 0 Å². The van der Waals surface area contributed by atoms with E-state index in [4.69, 9.17) is 4.74 Å². The Morgan fingerprint density at radius 1 is 1.20 bits per heavy atom. The summed E-state index contributed by atoms with van der Waals surface area (Å²) in [5, 5.41) is 11.1. The Morgan fingerprint density at radius 3 is 2.88 bits per heavy atom. The zero-order valence-electron chi connectivity index (χ0n) is 13.4. The van der Waals surface area contributed by atoms with Crippen LogP contribution < -0.4 is 4.74 Å². The number of tetrazole rings is 1. The third-order valence-corrected chi connectivity index (χ3v) is 4.09. The van der Waals surface area contributed by atoms with Crippen LogP contribution in [0.25, 0.3) is 5.69 Å². The third kappa shape index (κ3) is 3.32. The lowest BCUT2D eigenvalue weighted by atomic mass is 10.2. The number of carbonyl (C=O) groups is 1. The van der Waals surface area contributed by atoms with E-state index in [2.05, 4.69) is 20.5 Å². The summed E-state index contributed by atoms with van der Waals surface area (Å²) >= 11 is 0. The van der Waals surface area contributed by atoms with Crippen molar-refractivity contribution >= 4 is 5.91 Å². The fourth-order valence-corrected chi connectivity index (χ4v) is 2.86. The Balaban J connectivity index is 1.44. The number of hydrogen-bond acceptors (Lipinski definition) is 6. The summed E-state index contributed by atoms with van der Waals surface area (Å²) in [7, 11) is 0. The molecule has 0 spiro atoms. The molecule has 3 aromatic rings. The number of benzene rings is 1. The topological polar surface area (TPSA) is 86.0 Å². The molecular formula is C17H16N6O2. The highest BCUT2D eigenvalue weighted by Crippen LogP contribution is 2.20. The molecule has 1 aliphatic heterocycles. The molecule has 0 radical (unpaired) electrons. The van der Waals surface area contributed by atoms with Crippen LogP contribution >= 0.6 is 0 Å². The Hall–Kier alpha value is -3.29. The second kappa shape index (κ2) is 6.68. The van der Waals surface area contributed by atoms with Gasteiger partial charge < -0.3 is 9.64 Å². The average molecular weight is 336 g/mol. The standard InChI is InChI=1S/C17H16N6O2/c24-17(13-2-1-3-14(10-13)23-12-19-20-21-23)22-9-6-16(11-22)25-15-4-7-18-8-5-15/h1-5,7-8,10,12,16H,6,9,11H2. The van der Waals surface area contributed by atoms with Gasteiger partial charge in [-0.3, -0.25) is 9.78 Å². The minimum Gasteiger partial charge on any atom is -0.488 e. The maximum Gasteiger partial charge on any atom is 0.254 e. The van der Waals surface area contributed by atoms with Crippen LogP contribution in [0.5, 0.6) is 5.75 Å². The number of carbonyl (C=O) groups excluding carboxylic acids is 1. The van der Waals surface area contributed by atoms with Crippen molar-refractivity contribution in [2.24, 2.45) is 0 Å². The molecule has 1 aromatic carbocycles. The minimum atomic E-state index is -0.0178. The maximum absolute atomic E-state index is 12.8. The Morgan fingerprint density at radius 2 is 2.08 bits per heavy atom. The van der Waals surface area contributed by atoms with Gasteiger partial charge in [0.05, 0.1) is 12.2 Å². The molecule has 0 aliphatic carbocycles. The largest absolute Gasteiger partial charge is 0.488 e. The molecule has 8 heteroatoms. The van der Waals surface area contributed by atoms with Crippen molar-refractivity contribution < 1.29 is 9.53 Å². The van der Waals surface area contributed by atoms with Crippen LogP contribution in [0.15, 0.2) is 55.1 Å². The predicted octanol–water partition coefficient (Wildman–Crippen LogP) is 1.35. The average Bonchev–Trinajstić information content (AvgIpc) is 3.34. The van der Waals surface area contributed by atoms with Gasteiger partial charge in [-0.1, -0.05) is 6.07 Å². The van der Waals surface area contributed by atoms with Gasteiger partial charge in [-0.25, -0.2) is 4.68 Å². The molecule has 0 saturated carbocycles. The lowest BCUT2D eigenvalue weighted by molar-refractivity contribution is 0.0772. The van der Waals surface area contributed by atoms with Crippen molar-refractivity contribution in [1.29, 1.82) is 0 Å². The lowest BCUT2D eigenvalue weighted by Crippen LogP contribution is -2.31. The van der Waals surface area contributed by atoms with E-state index in [1.807, 2.05) is 29.2 Å². The highest BCUT2D eigenvalue weighted by atomic mass is 16.5. The van der Waals surface area contributed by atoms with E-state index in [-0.39, 0.29) is 12.0 Å². The molecule has 1 aliphatic rings. The van der Waals surface area contributed by atoms with Crippen molar-refractivity contribution in [3.8, 4) is 11.4 Å². The molecule has 0 bridgehead atoms. The van der Waals surface area contributed by atoms with E-state index < -0.39 is 0 Å². The number of aromatic nitrogens is 5. The molecule has 1 saturated heterocycles. The Bertz CT molecular complexity index is 853. The van der Waals surface area contributed by atoms with Crippen molar-refractivity contribution in [3.05, 3.63) is 60.7 Å². The van der Waals surface area contributed by atoms with Gasteiger partial charge in [0.2, 0.25) is 0 Å². The Kier molecular flexibility index (Phi) is 4.07. The summed E-state index contributed by atoms with van der Waals surface area (Å²) in [6.07, 6.45) is 5.68. The zero-order valence-corrected chi connectivity index (χ0v) is 13.4. The first-order valence-electron chi connectivity index (χ1n) is 7.99. The highest BCUT2D eigenvalue weighted by Gasteiger charge is 2.28. The van der Waals surface area contributed by atoms with E-state index in [1.54, 1.807) is 24.5 Å². The van der Waals surface area contributed by atoms with Crippen LogP contribution in [-0.4, -0.2) is 55.2 Å². The normalized spacial score (nSPS) is 16.8. The van der Waals surface area contributed by atoms with Gasteiger partial charge in [0.1, 0.15) is 18.2 Å². The molecule has 1 unspecified atom stereocenters. The minimum absolute atomic E-state index is 0.00551. The number of likely N-dealkylation sites (tertiary alicyclic amines) is 1. The Labute approximate surface area is 144 Å². The molecule has 3 heterocycles. The number of hydrogen-bond donors (Lipinski definition) is 0. The summed E-state index contributed by atoms with van der Waals surface area (Å²) in [6.45, 7) is 1.24. The van der Waals surface area contributed by atoms with Crippen LogP contribution in [0.2, 0.25) is 0 Å². The van der Waals surface area contributed by atoms with Crippen LogP contribution in [-0.2, 0) is 0 Å². The first-order valence-corrected chi connectivity index (χ1v) is 7.99. The van der Waals surface area contributed by atoms with Crippen LogP contribution in [0.3, 0.4) is 0 Å².